The van der Waals surface area contributed by atoms with Gasteiger partial charge in [-0.1, -0.05) is 23.2 Å². The molecular weight excluding hydrogens is 135 g/mol. The van der Waals surface area contributed by atoms with Crippen LogP contribution in [-0.4, -0.2) is 10.6 Å². The summed E-state index contributed by atoms with van der Waals surface area (Å²) in [6.45, 7) is 1.93. The van der Waals surface area contributed by atoms with E-state index in [0.29, 0.717) is 0 Å². The largest absolute Gasteiger partial charge is 0.343 e. The number of hydrogen-bond acceptors (Lipinski definition) is 1. The zero-order valence-electron chi connectivity index (χ0n) is 3.95. The Morgan fingerprint density at radius 3 is 2.14 bits per heavy atom. The van der Waals surface area contributed by atoms with Gasteiger partial charge in [0.2, 0.25) is 4.52 Å². The Hall–Kier alpha value is 0.540. The van der Waals surface area contributed by atoms with Gasteiger partial charge in [-0.25, -0.2) is 0 Å². The van der Waals surface area contributed by atoms with E-state index >= 15 is 0 Å². The van der Waals surface area contributed by atoms with Crippen LogP contribution < -0.4 is 0 Å². The van der Waals surface area contributed by atoms with Crippen molar-refractivity contribution in [3.63, 3.8) is 0 Å². The van der Waals surface area contributed by atoms with E-state index < -0.39 is 4.52 Å². The molecule has 1 nitrogen and oxygen atoms in total. The van der Waals surface area contributed by atoms with E-state index in [1.807, 2.05) is 6.92 Å². The normalized spacial score (nSPS) is 37.3. The van der Waals surface area contributed by atoms with Crippen LogP contribution in [0.1, 0.15) is 13.3 Å². The highest BCUT2D eigenvalue weighted by molar-refractivity contribution is 6.47. The molecule has 7 heavy (non-hydrogen) atoms. The van der Waals surface area contributed by atoms with E-state index in [4.69, 9.17) is 27.9 Å². The molecule has 0 amide bonds. The van der Waals surface area contributed by atoms with E-state index in [0.717, 1.165) is 6.42 Å². The van der Waals surface area contributed by atoms with Gasteiger partial charge in [-0.2, -0.15) is 0 Å². The second kappa shape index (κ2) is 1.51. The topological polar surface area (TPSA) is 9.23 Å². The molecule has 0 aromatic rings. The minimum absolute atomic E-state index is 0.245. The maximum absolute atomic E-state index is 5.44. The van der Waals surface area contributed by atoms with E-state index in [9.17, 15) is 0 Å². The van der Waals surface area contributed by atoms with E-state index in [-0.39, 0.29) is 6.10 Å². The summed E-state index contributed by atoms with van der Waals surface area (Å²) in [6.07, 6.45) is 0.992. The van der Waals surface area contributed by atoms with Crippen LogP contribution in [0, 0.1) is 0 Å². The molecule has 0 aromatic heterocycles. The summed E-state index contributed by atoms with van der Waals surface area (Å²) in [5.74, 6) is 0. The number of ether oxygens (including phenoxy) is 1. The number of rotatable bonds is 0. The van der Waals surface area contributed by atoms with Crippen molar-refractivity contribution in [2.45, 2.75) is 24.0 Å². The first-order valence-electron chi connectivity index (χ1n) is 2.16. The van der Waals surface area contributed by atoms with E-state index in [2.05, 4.69) is 0 Å². The molecule has 0 N–H and O–H groups in total. The van der Waals surface area contributed by atoms with Crippen LogP contribution in [0.15, 0.2) is 0 Å². The van der Waals surface area contributed by atoms with E-state index in [1.54, 1.807) is 0 Å². The molecule has 0 aliphatic carbocycles. The molecule has 1 rings (SSSR count). The third kappa shape index (κ3) is 1.21. The summed E-state index contributed by atoms with van der Waals surface area (Å²) >= 11 is 10.9. The fourth-order valence-electron chi connectivity index (χ4n) is 0.619. The third-order valence-corrected chi connectivity index (χ3v) is 1.39. The molecule has 0 radical (unpaired) electrons. The Bertz CT molecular complexity index is 73.8. The molecule has 1 aliphatic rings. The molecule has 0 spiro atoms. The lowest BCUT2D eigenvalue weighted by molar-refractivity contribution is -0.0936. The Morgan fingerprint density at radius 1 is 1.71 bits per heavy atom. The van der Waals surface area contributed by atoms with Crippen molar-refractivity contribution in [3.05, 3.63) is 0 Å². The van der Waals surface area contributed by atoms with Gasteiger partial charge in [-0.15, -0.1) is 0 Å². The van der Waals surface area contributed by atoms with Gasteiger partial charge in [0, 0.05) is 6.42 Å². The fraction of sp³-hybridized carbons (Fsp3) is 1.00. The Balaban J connectivity index is 2.29. The molecule has 0 saturated carbocycles. The minimum atomic E-state index is -0.862. The molecule has 1 saturated heterocycles. The molecule has 3 heteroatoms. The van der Waals surface area contributed by atoms with Crippen LogP contribution in [0.5, 0.6) is 0 Å². The zero-order valence-corrected chi connectivity index (χ0v) is 5.46. The highest BCUT2D eigenvalue weighted by Crippen LogP contribution is 2.39. The fourth-order valence-corrected chi connectivity index (χ4v) is 1.36. The maximum atomic E-state index is 5.44. The van der Waals surface area contributed by atoms with Crippen LogP contribution in [0.4, 0.5) is 0 Å². The summed E-state index contributed by atoms with van der Waals surface area (Å²) in [4.78, 5) is 0. The Kier molecular flexibility index (Phi) is 1.22. The highest BCUT2D eigenvalue weighted by Gasteiger charge is 2.39. The molecule has 42 valence electrons. The first kappa shape index (κ1) is 5.67. The van der Waals surface area contributed by atoms with Gasteiger partial charge in [0.1, 0.15) is 0 Å². The van der Waals surface area contributed by atoms with Crippen LogP contribution in [0.2, 0.25) is 0 Å². The lowest BCUT2D eigenvalue weighted by Crippen LogP contribution is -2.39. The minimum Gasteiger partial charge on any atom is -0.343 e. The molecular formula is C4H6Cl2O. The molecule has 1 unspecified atom stereocenters. The monoisotopic (exact) mass is 140 g/mol. The van der Waals surface area contributed by atoms with Crippen LogP contribution >= 0.6 is 23.2 Å². The molecule has 1 aliphatic heterocycles. The molecule has 0 bridgehead atoms. The smallest absolute Gasteiger partial charge is 0.220 e. The van der Waals surface area contributed by atoms with Crippen LogP contribution in [0.3, 0.4) is 0 Å². The maximum Gasteiger partial charge on any atom is 0.220 e. The quantitative estimate of drug-likeness (QED) is 0.468. The summed E-state index contributed by atoms with van der Waals surface area (Å²) in [6, 6.07) is 0. The zero-order chi connectivity index (χ0) is 5.49. The molecule has 1 heterocycles. The van der Waals surface area contributed by atoms with Crippen LogP contribution in [-0.2, 0) is 4.74 Å². The van der Waals surface area contributed by atoms with Crippen molar-refractivity contribution in [1.82, 2.24) is 0 Å². The van der Waals surface area contributed by atoms with Gasteiger partial charge in [0.05, 0.1) is 6.10 Å². The first-order valence-corrected chi connectivity index (χ1v) is 2.91. The van der Waals surface area contributed by atoms with Gasteiger partial charge in [-0.05, 0) is 6.92 Å². The Labute approximate surface area is 52.5 Å². The lowest BCUT2D eigenvalue weighted by Gasteiger charge is -2.35. The predicted molar refractivity (Wildman–Crippen MR) is 29.6 cm³/mol. The molecule has 1 fully saturated rings. The summed E-state index contributed by atoms with van der Waals surface area (Å²) < 4.78 is 4.00. The van der Waals surface area contributed by atoms with Crippen molar-refractivity contribution >= 4 is 23.2 Å². The third-order valence-electron chi connectivity index (χ3n) is 0.899. The van der Waals surface area contributed by atoms with Gasteiger partial charge < -0.3 is 4.74 Å². The van der Waals surface area contributed by atoms with Crippen LogP contribution in [0.25, 0.3) is 0 Å². The van der Waals surface area contributed by atoms with Crippen molar-refractivity contribution in [2.75, 3.05) is 0 Å². The number of halogens is 2. The summed E-state index contributed by atoms with van der Waals surface area (Å²) in [7, 11) is 0. The summed E-state index contributed by atoms with van der Waals surface area (Å²) in [5, 5.41) is 0. The molecule has 0 aromatic carbocycles. The second-order valence-corrected chi connectivity index (χ2v) is 3.18. The lowest BCUT2D eigenvalue weighted by atomic mass is 10.2. The van der Waals surface area contributed by atoms with E-state index in [1.165, 1.54) is 0 Å². The van der Waals surface area contributed by atoms with Gasteiger partial charge in [0.15, 0.2) is 0 Å². The highest BCUT2D eigenvalue weighted by atomic mass is 35.5. The number of alkyl halides is 2. The Morgan fingerprint density at radius 2 is 2.14 bits per heavy atom. The average Bonchev–Trinajstić information content (AvgIpc) is 1.27. The first-order chi connectivity index (χ1) is 3.10. The van der Waals surface area contributed by atoms with Crippen molar-refractivity contribution in [2.24, 2.45) is 0 Å². The standard InChI is InChI=1S/C4H6Cl2O/c1-3-2-4(5,6)7-3/h3H,2H2,1H3. The summed E-state index contributed by atoms with van der Waals surface area (Å²) in [5.41, 5.74) is 0. The van der Waals surface area contributed by atoms with Gasteiger partial charge in [-0.3, -0.25) is 0 Å². The SMILES string of the molecule is CC1CC(Cl)(Cl)O1. The van der Waals surface area contributed by atoms with Gasteiger partial charge >= 0.3 is 0 Å². The average molecular weight is 141 g/mol. The van der Waals surface area contributed by atoms with Crippen molar-refractivity contribution < 1.29 is 4.74 Å². The molecule has 1 atom stereocenters. The predicted octanol–water partition coefficient (Wildman–Crippen LogP) is 1.93. The van der Waals surface area contributed by atoms with Gasteiger partial charge in [0.25, 0.3) is 0 Å². The van der Waals surface area contributed by atoms with Crippen molar-refractivity contribution in [1.29, 1.82) is 0 Å². The van der Waals surface area contributed by atoms with Crippen molar-refractivity contribution in [3.8, 4) is 0 Å². The number of hydrogen-bond donors (Lipinski definition) is 0. The second-order valence-electron chi connectivity index (χ2n) is 1.77.